The second-order valence-corrected chi connectivity index (χ2v) is 4.80. The molecule has 7 heteroatoms. The molecule has 98 valence electrons. The number of nitrogens with one attached hydrogen (secondary N) is 2. The number of urea groups is 1. The Morgan fingerprint density at radius 1 is 1.44 bits per heavy atom. The Balaban J connectivity index is 3.16. The van der Waals surface area contributed by atoms with E-state index < -0.39 is 12.0 Å². The number of esters is 1. The van der Waals surface area contributed by atoms with E-state index in [4.69, 9.17) is 11.6 Å². The van der Waals surface area contributed by atoms with Crippen LogP contribution in [0, 0.1) is 3.57 Å². The highest BCUT2D eigenvalue weighted by Gasteiger charge is 2.18. The highest BCUT2D eigenvalue weighted by molar-refractivity contribution is 14.1. The molecule has 2 amide bonds. The van der Waals surface area contributed by atoms with Crippen LogP contribution in [0.5, 0.6) is 0 Å². The molecular formula is C11H12ClIN2O3. The highest BCUT2D eigenvalue weighted by Crippen LogP contribution is 2.31. The first-order valence-electron chi connectivity index (χ1n) is 5.12. The molecule has 2 N–H and O–H groups in total. The quantitative estimate of drug-likeness (QED) is 0.624. The van der Waals surface area contributed by atoms with Gasteiger partial charge in [-0.3, -0.25) is 0 Å². The summed E-state index contributed by atoms with van der Waals surface area (Å²) in [7, 11) is 1.27. The fourth-order valence-corrected chi connectivity index (χ4v) is 1.93. The van der Waals surface area contributed by atoms with E-state index in [0.717, 1.165) is 3.57 Å². The third-order valence-corrected chi connectivity index (χ3v) is 3.69. The molecule has 0 heterocycles. The molecule has 18 heavy (non-hydrogen) atoms. The van der Waals surface area contributed by atoms with Crippen molar-refractivity contribution in [2.24, 2.45) is 0 Å². The Morgan fingerprint density at radius 2 is 2.11 bits per heavy atom. The molecule has 1 aromatic carbocycles. The number of halogens is 2. The number of hydrogen-bond acceptors (Lipinski definition) is 3. The summed E-state index contributed by atoms with van der Waals surface area (Å²) >= 11 is 8.10. The summed E-state index contributed by atoms with van der Waals surface area (Å²) in [4.78, 5) is 23.1. The first-order valence-corrected chi connectivity index (χ1v) is 6.58. The summed E-state index contributed by atoms with van der Waals surface area (Å²) < 4.78 is 5.37. The molecule has 5 nitrogen and oxygen atoms in total. The van der Waals surface area contributed by atoms with Crippen LogP contribution in [0.1, 0.15) is 17.3 Å². The van der Waals surface area contributed by atoms with E-state index in [1.54, 1.807) is 19.1 Å². The number of ether oxygens (including phenoxy) is 1. The normalized spacial score (nSPS) is 9.78. The van der Waals surface area contributed by atoms with Crippen LogP contribution in [0.2, 0.25) is 5.02 Å². The summed E-state index contributed by atoms with van der Waals surface area (Å²) in [6.45, 7) is 2.26. The molecule has 0 aromatic heterocycles. The van der Waals surface area contributed by atoms with Crippen LogP contribution >= 0.6 is 34.2 Å². The molecule has 0 saturated heterocycles. The van der Waals surface area contributed by atoms with E-state index in [2.05, 4.69) is 15.4 Å². The van der Waals surface area contributed by atoms with Crippen molar-refractivity contribution in [3.05, 3.63) is 26.3 Å². The third kappa shape index (κ3) is 3.49. The SMILES string of the molecule is CCNC(=O)Nc1c(C(=O)OC)ccc(I)c1Cl. The maximum Gasteiger partial charge on any atom is 0.340 e. The van der Waals surface area contributed by atoms with Crippen molar-refractivity contribution in [1.82, 2.24) is 5.32 Å². The van der Waals surface area contributed by atoms with Crippen molar-refractivity contribution in [3.8, 4) is 0 Å². The Morgan fingerprint density at radius 3 is 2.67 bits per heavy atom. The van der Waals surface area contributed by atoms with Gasteiger partial charge < -0.3 is 15.4 Å². The van der Waals surface area contributed by atoms with Crippen LogP contribution in [0.15, 0.2) is 12.1 Å². The van der Waals surface area contributed by atoms with Crippen molar-refractivity contribution in [3.63, 3.8) is 0 Å². The fraction of sp³-hybridized carbons (Fsp3) is 0.273. The van der Waals surface area contributed by atoms with Gasteiger partial charge in [0.25, 0.3) is 0 Å². The number of carbonyl (C=O) groups is 2. The molecular weight excluding hydrogens is 370 g/mol. The number of anilines is 1. The van der Waals surface area contributed by atoms with Crippen molar-refractivity contribution in [2.75, 3.05) is 19.0 Å². The number of methoxy groups -OCH3 is 1. The predicted octanol–water partition coefficient (Wildman–Crippen LogP) is 2.87. The Kier molecular flexibility index (Phi) is 5.67. The van der Waals surface area contributed by atoms with Gasteiger partial charge in [0, 0.05) is 10.1 Å². The lowest BCUT2D eigenvalue weighted by atomic mass is 10.2. The summed E-state index contributed by atoms with van der Waals surface area (Å²) in [6, 6.07) is 2.81. The highest BCUT2D eigenvalue weighted by atomic mass is 127. The standard InChI is InChI=1S/C11H12ClIN2O3/c1-3-14-11(17)15-9-6(10(16)18-2)4-5-7(13)8(9)12/h4-5H,3H2,1-2H3,(H2,14,15,17). The van der Waals surface area contributed by atoms with E-state index in [0.29, 0.717) is 11.6 Å². The Hall–Kier alpha value is -1.02. The van der Waals surface area contributed by atoms with Crippen LogP contribution in [-0.4, -0.2) is 25.7 Å². The summed E-state index contributed by atoms with van der Waals surface area (Å²) in [5, 5.41) is 5.42. The molecule has 1 aromatic rings. The van der Waals surface area contributed by atoms with Gasteiger partial charge >= 0.3 is 12.0 Å². The number of hydrogen-bond donors (Lipinski definition) is 2. The van der Waals surface area contributed by atoms with Gasteiger partial charge in [0.05, 0.1) is 23.4 Å². The first kappa shape index (κ1) is 15.0. The van der Waals surface area contributed by atoms with E-state index in [-0.39, 0.29) is 11.3 Å². The zero-order valence-corrected chi connectivity index (χ0v) is 12.8. The molecule has 0 aliphatic heterocycles. The van der Waals surface area contributed by atoms with Crippen LogP contribution in [0.3, 0.4) is 0 Å². The van der Waals surface area contributed by atoms with Crippen LogP contribution in [0.25, 0.3) is 0 Å². The van der Waals surface area contributed by atoms with Crippen LogP contribution < -0.4 is 10.6 Å². The molecule has 0 fully saturated rings. The molecule has 0 spiro atoms. The second-order valence-electron chi connectivity index (χ2n) is 3.26. The lowest BCUT2D eigenvalue weighted by Crippen LogP contribution is -2.29. The van der Waals surface area contributed by atoms with Crippen molar-refractivity contribution >= 4 is 51.9 Å². The topological polar surface area (TPSA) is 67.4 Å². The van der Waals surface area contributed by atoms with Crippen LogP contribution in [0.4, 0.5) is 10.5 Å². The predicted molar refractivity (Wildman–Crippen MR) is 78.2 cm³/mol. The average molecular weight is 383 g/mol. The summed E-state index contributed by atoms with van der Waals surface area (Å²) in [6.07, 6.45) is 0. The second kappa shape index (κ2) is 6.79. The van der Waals surface area contributed by atoms with Gasteiger partial charge in [0.15, 0.2) is 0 Å². The monoisotopic (exact) mass is 382 g/mol. The van der Waals surface area contributed by atoms with Crippen molar-refractivity contribution in [1.29, 1.82) is 0 Å². The first-order chi connectivity index (χ1) is 8.51. The maximum atomic E-state index is 11.6. The maximum absolute atomic E-state index is 11.6. The lowest BCUT2D eigenvalue weighted by molar-refractivity contribution is 0.0602. The number of benzene rings is 1. The fourth-order valence-electron chi connectivity index (χ4n) is 1.27. The third-order valence-electron chi connectivity index (χ3n) is 2.08. The van der Waals surface area contributed by atoms with E-state index >= 15 is 0 Å². The van der Waals surface area contributed by atoms with Gasteiger partial charge in [-0.15, -0.1) is 0 Å². The van der Waals surface area contributed by atoms with Gasteiger partial charge in [0.2, 0.25) is 0 Å². The van der Waals surface area contributed by atoms with E-state index in [1.807, 2.05) is 22.6 Å². The Labute approximate surface area is 123 Å². The van der Waals surface area contributed by atoms with Gasteiger partial charge in [-0.25, -0.2) is 9.59 Å². The molecule has 0 aliphatic rings. The van der Waals surface area contributed by atoms with Gasteiger partial charge in [-0.2, -0.15) is 0 Å². The summed E-state index contributed by atoms with van der Waals surface area (Å²) in [5.74, 6) is -0.555. The Bertz CT molecular complexity index is 480. The number of amides is 2. The average Bonchev–Trinajstić information content (AvgIpc) is 2.34. The zero-order chi connectivity index (χ0) is 13.7. The molecule has 0 bridgehead atoms. The van der Waals surface area contributed by atoms with Gasteiger partial charge in [-0.1, -0.05) is 11.6 Å². The number of carbonyl (C=O) groups excluding carboxylic acids is 2. The van der Waals surface area contributed by atoms with Gasteiger partial charge in [0.1, 0.15) is 0 Å². The largest absolute Gasteiger partial charge is 0.465 e. The minimum Gasteiger partial charge on any atom is -0.465 e. The molecule has 0 saturated carbocycles. The van der Waals surface area contributed by atoms with Gasteiger partial charge in [-0.05, 0) is 41.6 Å². The van der Waals surface area contributed by atoms with E-state index in [1.165, 1.54) is 7.11 Å². The van der Waals surface area contributed by atoms with Crippen molar-refractivity contribution in [2.45, 2.75) is 6.92 Å². The van der Waals surface area contributed by atoms with Crippen LogP contribution in [-0.2, 0) is 4.74 Å². The zero-order valence-electron chi connectivity index (χ0n) is 9.84. The molecule has 0 radical (unpaired) electrons. The number of rotatable bonds is 3. The van der Waals surface area contributed by atoms with E-state index in [9.17, 15) is 9.59 Å². The molecule has 0 unspecified atom stereocenters. The smallest absolute Gasteiger partial charge is 0.340 e. The molecule has 0 aliphatic carbocycles. The minimum atomic E-state index is -0.555. The molecule has 1 rings (SSSR count). The lowest BCUT2D eigenvalue weighted by Gasteiger charge is -2.13. The molecule has 0 atom stereocenters. The summed E-state index contributed by atoms with van der Waals surface area (Å²) in [5.41, 5.74) is 0.468. The van der Waals surface area contributed by atoms with Crippen molar-refractivity contribution < 1.29 is 14.3 Å². The minimum absolute atomic E-state index is 0.217.